The summed E-state index contributed by atoms with van der Waals surface area (Å²) < 4.78 is 10.8. The van der Waals surface area contributed by atoms with Gasteiger partial charge in [-0.25, -0.2) is 9.78 Å². The van der Waals surface area contributed by atoms with E-state index in [2.05, 4.69) is 20.5 Å². The highest BCUT2D eigenvalue weighted by Gasteiger charge is 2.53. The SMILES string of the molecule is COc1cc2nc(N3CCN(C(=O)Nc4nnc(C56CC7CC(CC(C7)C5)C6)s4)CC3)nc(N)c2cc1OC. The number of urea groups is 1. The van der Waals surface area contributed by atoms with Crippen LogP contribution in [0.5, 0.6) is 11.5 Å². The van der Waals surface area contributed by atoms with E-state index < -0.39 is 0 Å². The number of amides is 2. The van der Waals surface area contributed by atoms with Gasteiger partial charge in [-0.1, -0.05) is 11.3 Å². The predicted molar refractivity (Wildman–Crippen MR) is 150 cm³/mol. The van der Waals surface area contributed by atoms with E-state index in [1.165, 1.54) is 38.5 Å². The molecule has 2 aromatic heterocycles. The van der Waals surface area contributed by atoms with E-state index in [9.17, 15) is 4.79 Å². The smallest absolute Gasteiger partial charge is 0.323 e. The molecule has 0 spiro atoms. The summed E-state index contributed by atoms with van der Waals surface area (Å²) in [7, 11) is 3.17. The number of hydrogen-bond acceptors (Lipinski definition) is 10. The van der Waals surface area contributed by atoms with Gasteiger partial charge in [0.05, 0.1) is 19.7 Å². The van der Waals surface area contributed by atoms with Crippen LogP contribution in [-0.4, -0.2) is 71.5 Å². The lowest BCUT2D eigenvalue weighted by Gasteiger charge is -2.55. The molecule has 4 saturated carbocycles. The van der Waals surface area contributed by atoms with Gasteiger partial charge in [-0.05, 0) is 62.3 Å². The normalized spacial score (nSPS) is 27.7. The molecule has 2 amide bonds. The number of carbonyl (C=O) groups is 1. The molecule has 1 aliphatic heterocycles. The monoisotopic (exact) mass is 550 g/mol. The number of anilines is 3. The van der Waals surface area contributed by atoms with Gasteiger partial charge in [-0.15, -0.1) is 10.2 Å². The summed E-state index contributed by atoms with van der Waals surface area (Å²) in [6.45, 7) is 2.28. The van der Waals surface area contributed by atoms with Crippen LogP contribution in [0.3, 0.4) is 0 Å². The van der Waals surface area contributed by atoms with Gasteiger partial charge in [0, 0.05) is 43.0 Å². The number of nitrogens with one attached hydrogen (secondary N) is 1. The molecule has 1 aromatic carbocycles. The first-order valence-electron chi connectivity index (χ1n) is 13.8. The Balaban J connectivity index is 1.00. The molecule has 12 heteroatoms. The number of nitrogen functional groups attached to an aromatic ring is 1. The number of piperazine rings is 1. The van der Waals surface area contributed by atoms with Gasteiger partial charge in [0.2, 0.25) is 11.1 Å². The lowest BCUT2D eigenvalue weighted by atomic mass is 9.50. The molecule has 11 nitrogen and oxygen atoms in total. The number of nitrogens with two attached hydrogens (primary N) is 1. The Kier molecular flexibility index (Phi) is 5.91. The van der Waals surface area contributed by atoms with E-state index >= 15 is 0 Å². The van der Waals surface area contributed by atoms with Gasteiger partial charge in [0.1, 0.15) is 10.8 Å². The van der Waals surface area contributed by atoms with Crippen molar-refractivity contribution in [2.24, 2.45) is 17.8 Å². The second kappa shape index (κ2) is 9.35. The van der Waals surface area contributed by atoms with Crippen LogP contribution in [0.15, 0.2) is 12.1 Å². The maximum atomic E-state index is 13.1. The molecule has 4 bridgehead atoms. The van der Waals surface area contributed by atoms with Crippen LogP contribution in [-0.2, 0) is 5.41 Å². The topological polar surface area (TPSA) is 132 Å². The first-order chi connectivity index (χ1) is 18.9. The highest BCUT2D eigenvalue weighted by atomic mass is 32.1. The summed E-state index contributed by atoms with van der Waals surface area (Å²) in [4.78, 5) is 26.2. The van der Waals surface area contributed by atoms with Crippen LogP contribution < -0.4 is 25.4 Å². The first kappa shape index (κ1) is 24.6. The van der Waals surface area contributed by atoms with E-state index in [1.807, 2.05) is 4.90 Å². The Morgan fingerprint density at radius 2 is 1.62 bits per heavy atom. The molecule has 5 aliphatic rings. The number of hydrogen-bond donors (Lipinski definition) is 2. The number of benzene rings is 1. The fraction of sp³-hybridized carbons (Fsp3) is 0.593. The predicted octanol–water partition coefficient (Wildman–Crippen LogP) is 3.90. The Labute approximate surface area is 231 Å². The maximum absolute atomic E-state index is 13.1. The molecule has 1 saturated heterocycles. The van der Waals surface area contributed by atoms with Crippen molar-refractivity contribution in [1.29, 1.82) is 0 Å². The third-order valence-electron chi connectivity index (χ3n) is 9.20. The Morgan fingerprint density at radius 3 is 2.26 bits per heavy atom. The summed E-state index contributed by atoms with van der Waals surface area (Å²) in [5, 5.41) is 14.4. The van der Waals surface area contributed by atoms with Crippen molar-refractivity contribution in [3.8, 4) is 11.5 Å². The quantitative estimate of drug-likeness (QED) is 0.485. The molecule has 39 heavy (non-hydrogen) atoms. The highest BCUT2D eigenvalue weighted by Crippen LogP contribution is 2.61. The minimum atomic E-state index is -0.140. The van der Waals surface area contributed by atoms with Crippen LogP contribution in [0.2, 0.25) is 0 Å². The number of aromatic nitrogens is 4. The van der Waals surface area contributed by atoms with Crippen molar-refractivity contribution < 1.29 is 14.3 Å². The van der Waals surface area contributed by atoms with Crippen molar-refractivity contribution in [3.05, 3.63) is 17.1 Å². The van der Waals surface area contributed by atoms with Crippen molar-refractivity contribution in [1.82, 2.24) is 25.1 Å². The minimum absolute atomic E-state index is 0.140. The van der Waals surface area contributed by atoms with E-state index in [0.717, 1.165) is 22.8 Å². The highest BCUT2D eigenvalue weighted by molar-refractivity contribution is 7.15. The van der Waals surface area contributed by atoms with Crippen LogP contribution in [0.1, 0.15) is 43.5 Å². The standard InChI is InChI=1S/C27H34N8O3S/c1-37-20-10-18-19(11-21(20)38-2)29-24(30-22(18)28)34-3-5-35(6-4-34)26(36)31-25-33-32-23(39-25)27-12-15-7-16(13-27)9-17(8-15)14-27/h10-11,15-17H,3-9,12-14H2,1-2H3,(H2,28,29,30)(H,31,33,36). The van der Waals surface area contributed by atoms with Crippen molar-refractivity contribution in [2.75, 3.05) is 56.3 Å². The number of methoxy groups -OCH3 is 2. The van der Waals surface area contributed by atoms with Crippen LogP contribution >= 0.6 is 11.3 Å². The molecule has 0 atom stereocenters. The van der Waals surface area contributed by atoms with Gasteiger partial charge in [-0.2, -0.15) is 4.98 Å². The number of carbonyl (C=O) groups excluding carboxylic acids is 1. The zero-order valence-electron chi connectivity index (χ0n) is 22.4. The Morgan fingerprint density at radius 1 is 0.974 bits per heavy atom. The van der Waals surface area contributed by atoms with Gasteiger partial charge in [0.15, 0.2) is 11.5 Å². The van der Waals surface area contributed by atoms with Gasteiger partial charge < -0.3 is 25.0 Å². The molecular weight excluding hydrogens is 516 g/mol. The molecule has 0 radical (unpaired) electrons. The zero-order chi connectivity index (χ0) is 26.7. The van der Waals surface area contributed by atoms with E-state index in [-0.39, 0.29) is 11.4 Å². The molecule has 0 unspecified atom stereocenters. The lowest BCUT2D eigenvalue weighted by molar-refractivity contribution is -0.00555. The van der Waals surface area contributed by atoms with Crippen LogP contribution in [0, 0.1) is 17.8 Å². The number of nitrogens with zero attached hydrogens (tertiary/aromatic N) is 6. The van der Waals surface area contributed by atoms with E-state index in [0.29, 0.717) is 65.5 Å². The van der Waals surface area contributed by atoms with Crippen molar-refractivity contribution in [2.45, 2.75) is 43.9 Å². The molecule has 8 rings (SSSR count). The summed E-state index contributed by atoms with van der Waals surface area (Å²) in [6.07, 6.45) is 7.91. The Hall–Kier alpha value is -3.41. The molecule has 5 fully saturated rings. The average Bonchev–Trinajstić information content (AvgIpc) is 3.41. The first-order valence-corrected chi connectivity index (χ1v) is 14.6. The van der Waals surface area contributed by atoms with Gasteiger partial charge in [0.25, 0.3) is 0 Å². The summed E-state index contributed by atoms with van der Waals surface area (Å²) in [5.41, 5.74) is 7.15. The van der Waals surface area contributed by atoms with Crippen molar-refractivity contribution in [3.63, 3.8) is 0 Å². The van der Waals surface area contributed by atoms with E-state index in [4.69, 9.17) is 20.2 Å². The molecule has 4 aliphatic carbocycles. The second-order valence-electron chi connectivity index (χ2n) is 11.6. The minimum Gasteiger partial charge on any atom is -0.493 e. The average molecular weight is 551 g/mol. The van der Waals surface area contributed by atoms with E-state index in [1.54, 1.807) is 42.6 Å². The third-order valence-corrected chi connectivity index (χ3v) is 10.3. The molecule has 3 N–H and O–H groups in total. The number of fused-ring (bicyclic) bond motifs is 1. The zero-order valence-corrected chi connectivity index (χ0v) is 23.2. The Bertz CT molecular complexity index is 1380. The summed E-state index contributed by atoms with van der Waals surface area (Å²) >= 11 is 1.58. The van der Waals surface area contributed by atoms with Crippen LogP contribution in [0.25, 0.3) is 10.9 Å². The van der Waals surface area contributed by atoms with Crippen LogP contribution in [0.4, 0.5) is 21.7 Å². The number of ether oxygens (including phenoxy) is 2. The largest absolute Gasteiger partial charge is 0.493 e. The van der Waals surface area contributed by atoms with Gasteiger partial charge in [-0.3, -0.25) is 5.32 Å². The molecular formula is C27H34N8O3S. The third kappa shape index (κ3) is 4.29. The second-order valence-corrected chi connectivity index (χ2v) is 12.6. The van der Waals surface area contributed by atoms with Crippen molar-refractivity contribution >= 4 is 45.2 Å². The summed E-state index contributed by atoms with van der Waals surface area (Å²) in [5.74, 6) is 4.62. The lowest BCUT2D eigenvalue weighted by Crippen LogP contribution is -2.50. The fourth-order valence-corrected chi connectivity index (χ4v) is 8.70. The number of rotatable bonds is 5. The molecule has 3 aromatic rings. The summed E-state index contributed by atoms with van der Waals surface area (Å²) in [6, 6.07) is 3.45. The van der Waals surface area contributed by atoms with Gasteiger partial charge >= 0.3 is 6.03 Å². The molecule has 3 heterocycles. The maximum Gasteiger partial charge on any atom is 0.323 e. The fourth-order valence-electron chi connectivity index (χ4n) is 7.75. The molecule has 206 valence electrons.